The summed E-state index contributed by atoms with van der Waals surface area (Å²) in [5.74, 6) is -3.32. The van der Waals surface area contributed by atoms with Crippen LogP contribution < -0.4 is 135 Å². The first-order valence-electron chi connectivity index (χ1n) is 15.2. The Morgan fingerprint density at radius 1 is 0.571 bits per heavy atom. The molecule has 2 aliphatic carbocycles. The number of phenols is 2. The Hall–Kier alpha value is -1.28. The van der Waals surface area contributed by atoms with Gasteiger partial charge in [-0.1, -0.05) is 24.3 Å². The number of benzene rings is 4. The van der Waals surface area contributed by atoms with Crippen molar-refractivity contribution in [2.45, 2.75) is 14.7 Å². The van der Waals surface area contributed by atoms with E-state index in [0.29, 0.717) is 23.3 Å². The van der Waals surface area contributed by atoms with Gasteiger partial charge in [-0.3, -0.25) is 38.7 Å². The number of fused-ring (bicyclic) bond motifs is 2. The van der Waals surface area contributed by atoms with Crippen molar-refractivity contribution in [3.05, 3.63) is 93.9 Å². The summed E-state index contributed by atoms with van der Waals surface area (Å²) in [6.45, 7) is 0. The number of aromatic hydroxyl groups is 2. The average molecular weight is 1080 g/mol. The van der Waals surface area contributed by atoms with Gasteiger partial charge in [-0.25, -0.2) is 0 Å². The summed E-state index contributed by atoms with van der Waals surface area (Å²) in [6, 6.07) is 11.1. The van der Waals surface area contributed by atoms with Gasteiger partial charge in [0, 0.05) is 45.3 Å². The maximum Gasteiger partial charge on any atom is 1.00 e. The van der Waals surface area contributed by atoms with E-state index in [1.807, 2.05) is 0 Å². The Labute approximate surface area is 468 Å². The number of carbonyl (C=O) groups excluding carboxylic acids is 2. The summed E-state index contributed by atoms with van der Waals surface area (Å²) in [6.07, 6.45) is 2.72. The number of anilines is 3. The Balaban J connectivity index is 0.00000641. The van der Waals surface area contributed by atoms with Gasteiger partial charge in [-0.2, -0.15) is 43.9 Å². The number of hydrogen-bond donors (Lipinski definition) is 9. The van der Waals surface area contributed by atoms with Crippen molar-refractivity contribution in [1.29, 1.82) is 0 Å². The normalized spacial score (nSPS) is 14.4. The fraction of sp³-hybridized carbons (Fsp3) is 0. The molecule has 4 aromatic rings. The smallest absolute Gasteiger partial charge is 0.506 e. The molecule has 2 radical (unpaired) electrons. The van der Waals surface area contributed by atoms with E-state index in [1.165, 1.54) is 36.4 Å². The molecular weight excluding hydrogens is 1060 g/mol. The third-order valence-corrected chi connectivity index (χ3v) is 11.7. The summed E-state index contributed by atoms with van der Waals surface area (Å²) in [5, 5.41) is 29.2. The molecule has 0 saturated heterocycles. The van der Waals surface area contributed by atoms with Gasteiger partial charge in [0.1, 0.15) is 37.6 Å². The second kappa shape index (κ2) is 23.1. The van der Waals surface area contributed by atoms with Crippen molar-refractivity contribution >= 4 is 92.7 Å². The van der Waals surface area contributed by atoms with E-state index in [-0.39, 0.29) is 175 Å². The Morgan fingerprint density at radius 2 is 1.08 bits per heavy atom. The topological polar surface area (TPSA) is 367 Å². The molecule has 10 N–H and O–H groups in total. The van der Waals surface area contributed by atoms with Gasteiger partial charge < -0.3 is 15.9 Å². The summed E-state index contributed by atoms with van der Waals surface area (Å²) in [5.41, 5.74) is 7.66. The number of allylic oxidation sites excluding steroid dienone is 2. The van der Waals surface area contributed by atoms with Crippen LogP contribution in [0.2, 0.25) is 0 Å². The van der Waals surface area contributed by atoms with E-state index in [2.05, 4.69) is 21.1 Å². The SMILES string of the molecule is Nc1c(S(=O)(=O)O)cc(S(=O)(=O)O)c2c1C(=O)/C(=N\Nc1ccc(-c3ccc(N/N=C4\C(=O)C(S(=O)(=O)O)=Cc5cc(S(=O)(=O)O)ccc54)c(O)c3)cc1O)C=C2.[Cu].[Cu].[Na+].[Na+].[Na+].[Na+]. The van der Waals surface area contributed by atoms with Gasteiger partial charge in [0.2, 0.25) is 11.6 Å². The fourth-order valence-electron chi connectivity index (χ4n) is 5.59. The van der Waals surface area contributed by atoms with E-state index in [9.17, 15) is 71.7 Å². The number of carbonyl (C=O) groups is 2. The number of hydrazone groups is 2. The zero-order chi connectivity index (χ0) is 42.0. The van der Waals surface area contributed by atoms with Gasteiger partial charge in [0.05, 0.1) is 27.5 Å². The number of phenolic OH excluding ortho intramolecular Hbond substituents is 2. The van der Waals surface area contributed by atoms with Crippen LogP contribution in [0.25, 0.3) is 23.3 Å². The Bertz CT molecular complexity index is 3120. The summed E-state index contributed by atoms with van der Waals surface area (Å²) in [7, 11) is -20.2. The monoisotopic (exact) mass is 1080 g/mol. The molecule has 63 heavy (non-hydrogen) atoms. The molecule has 0 amide bonds. The minimum absolute atomic E-state index is 0. The first-order valence-corrected chi connectivity index (χ1v) is 21.0. The molecule has 4 aromatic carbocycles. The minimum atomic E-state index is -5.17. The van der Waals surface area contributed by atoms with Crippen molar-refractivity contribution < 1.29 is 224 Å². The molecule has 0 atom stereocenters. The second-order valence-electron chi connectivity index (χ2n) is 11.9. The molecule has 31 heteroatoms. The van der Waals surface area contributed by atoms with E-state index < -0.39 is 111 Å². The van der Waals surface area contributed by atoms with Crippen LogP contribution in [-0.2, 0) is 79.4 Å². The maximum absolute atomic E-state index is 13.3. The van der Waals surface area contributed by atoms with E-state index >= 15 is 0 Å². The van der Waals surface area contributed by atoms with Gasteiger partial charge >= 0.3 is 118 Å². The van der Waals surface area contributed by atoms with Crippen molar-refractivity contribution in [2.75, 3.05) is 16.6 Å². The fourth-order valence-corrected chi connectivity index (χ4v) is 8.15. The standard InChI is InChI=1S/C32H23N5O16S4.2Cu.4Na/c33-29-26(56(48,49)50)13-25(55(45,46)47)19-5-8-22(31(40)28(19)29)36-34-20-6-1-14(10-23(20)38)15-2-7-21(24(39)11-15)35-37-30-18-4-3-17(54(42,43)44)9-16(18)12-27(32(30)41)57(51,52)53;;;;;;/h1-13,34-35,38-39H,33H2,(H,42,43,44)(H,45,46,47)(H,48,49,50)(H,51,52,53);;;;;;/q;;;4*+1/b36-22-,37-30-;;;;;;. The molecule has 0 saturated carbocycles. The molecule has 0 bridgehead atoms. The minimum Gasteiger partial charge on any atom is -0.506 e. The third-order valence-electron chi connectivity index (χ3n) is 8.25. The molecular formula is C32H23Cu2N5Na4O16S4+4. The largest absolute Gasteiger partial charge is 1.00 e. The molecule has 21 nitrogen and oxygen atoms in total. The number of rotatable bonds is 9. The third kappa shape index (κ3) is 13.5. The maximum atomic E-state index is 13.3. The van der Waals surface area contributed by atoms with Crippen LogP contribution in [0.1, 0.15) is 27.0 Å². The van der Waals surface area contributed by atoms with Crippen molar-refractivity contribution in [3.8, 4) is 22.6 Å². The van der Waals surface area contributed by atoms with Crippen LogP contribution in [-0.4, -0.2) is 85.1 Å². The van der Waals surface area contributed by atoms with E-state index in [0.717, 1.165) is 30.4 Å². The predicted molar refractivity (Wildman–Crippen MR) is 201 cm³/mol. The van der Waals surface area contributed by atoms with Crippen LogP contribution in [0.4, 0.5) is 17.1 Å². The molecule has 0 aromatic heterocycles. The van der Waals surface area contributed by atoms with Crippen molar-refractivity contribution in [1.82, 2.24) is 0 Å². The number of nitrogens with two attached hydrogens (primary N) is 1. The Kier molecular flexibility index (Phi) is 22.7. The number of hydrogen-bond acceptors (Lipinski definition) is 17. The zero-order valence-corrected chi connectivity index (χ0v) is 45.6. The molecule has 0 fully saturated rings. The van der Waals surface area contributed by atoms with Gasteiger partial charge in [-0.05, 0) is 71.3 Å². The molecule has 318 valence electrons. The van der Waals surface area contributed by atoms with Crippen molar-refractivity contribution in [3.63, 3.8) is 0 Å². The summed E-state index contributed by atoms with van der Waals surface area (Å²) in [4.78, 5) is 22.3. The molecule has 0 aliphatic heterocycles. The number of ketones is 2. The van der Waals surface area contributed by atoms with Crippen molar-refractivity contribution in [2.24, 2.45) is 10.2 Å². The number of nitrogen functional groups attached to an aromatic ring is 1. The van der Waals surface area contributed by atoms with E-state index in [4.69, 9.17) is 5.73 Å². The van der Waals surface area contributed by atoms with Crippen LogP contribution in [0.3, 0.4) is 0 Å². The first kappa shape index (κ1) is 61.7. The molecule has 0 heterocycles. The van der Waals surface area contributed by atoms with Crippen LogP contribution in [0.15, 0.2) is 96.5 Å². The summed E-state index contributed by atoms with van der Waals surface area (Å²) >= 11 is 0. The number of nitrogens with one attached hydrogen (secondary N) is 2. The van der Waals surface area contributed by atoms with Crippen LogP contribution in [0.5, 0.6) is 11.5 Å². The van der Waals surface area contributed by atoms with Gasteiger partial charge in [0.25, 0.3) is 40.5 Å². The van der Waals surface area contributed by atoms with E-state index in [1.54, 1.807) is 0 Å². The molecule has 0 unspecified atom stereocenters. The molecule has 2 aliphatic rings. The molecule has 0 spiro atoms. The number of nitrogens with zero attached hydrogens (tertiary/aromatic N) is 2. The quantitative estimate of drug-likeness (QED) is 0.0247. The predicted octanol–water partition coefficient (Wildman–Crippen LogP) is -9.60. The van der Waals surface area contributed by atoms with Gasteiger partial charge in [-0.15, -0.1) is 0 Å². The Morgan fingerprint density at radius 3 is 1.54 bits per heavy atom. The average Bonchev–Trinajstić information content (AvgIpc) is 3.09. The van der Waals surface area contributed by atoms with Crippen LogP contribution >= 0.6 is 0 Å². The van der Waals surface area contributed by atoms with Gasteiger partial charge in [0.15, 0.2) is 0 Å². The number of Topliss-reactive ketones (excluding diaryl/α,β-unsaturated/α-hetero) is 2. The first-order chi connectivity index (χ1) is 26.4. The summed E-state index contributed by atoms with van der Waals surface area (Å²) < 4.78 is 133. The molecule has 6 rings (SSSR count). The second-order valence-corrected chi connectivity index (χ2v) is 17.5. The van der Waals surface area contributed by atoms with Crippen LogP contribution in [0, 0.1) is 0 Å². The zero-order valence-electron chi connectivity index (χ0n) is 32.5.